The van der Waals surface area contributed by atoms with Gasteiger partial charge in [0.25, 0.3) is 5.69 Å². The number of carbonyl (C=O) groups is 1. The van der Waals surface area contributed by atoms with Gasteiger partial charge >= 0.3 is 6.16 Å². The lowest BCUT2D eigenvalue weighted by molar-refractivity contribution is -0.385. The monoisotopic (exact) mass is 291 g/mol. The molecule has 0 heterocycles. The molecule has 0 atom stereocenters. The first-order chi connectivity index (χ1) is 9.93. The largest absolute Gasteiger partial charge is 0.508 e. The van der Waals surface area contributed by atoms with Crippen molar-refractivity contribution in [2.45, 2.75) is 27.4 Å². The fourth-order valence-electron chi connectivity index (χ4n) is 1.51. The molecule has 21 heavy (non-hydrogen) atoms. The Labute approximate surface area is 123 Å². The maximum absolute atomic E-state index is 11.4. The van der Waals surface area contributed by atoms with Gasteiger partial charge in [-0.1, -0.05) is 19.8 Å². The summed E-state index contributed by atoms with van der Waals surface area (Å²) in [6.07, 6.45) is -0.843. The lowest BCUT2D eigenvalue weighted by Gasteiger charge is -2.08. The Kier molecular flexibility index (Phi) is 6.21. The first kappa shape index (κ1) is 16.5. The van der Waals surface area contributed by atoms with Crippen LogP contribution in [-0.2, 0) is 16.1 Å². The second-order valence-corrected chi connectivity index (χ2v) is 4.72. The number of nitrogens with zero attached hydrogens (tertiary/aromatic N) is 1. The Morgan fingerprint density at radius 1 is 1.38 bits per heavy atom. The first-order valence-corrected chi connectivity index (χ1v) is 6.43. The van der Waals surface area contributed by atoms with Crippen LogP contribution in [0.3, 0.4) is 0 Å². The highest BCUT2D eigenvalue weighted by Crippen LogP contribution is 2.21. The van der Waals surface area contributed by atoms with Crippen molar-refractivity contribution in [1.29, 1.82) is 0 Å². The average Bonchev–Trinajstić information content (AvgIpc) is 2.43. The highest BCUT2D eigenvalue weighted by Gasteiger charge is 2.16. The minimum Gasteiger partial charge on any atom is -0.434 e. The summed E-state index contributed by atoms with van der Waals surface area (Å²) in [5, 5.41) is 10.9. The second-order valence-electron chi connectivity index (χ2n) is 4.72. The summed E-state index contributed by atoms with van der Waals surface area (Å²) in [4.78, 5) is 21.8. The molecular formula is C15H17NO5. The fraction of sp³-hybridized carbons (Fsp3) is 0.400. The maximum Gasteiger partial charge on any atom is 0.508 e. The predicted molar refractivity (Wildman–Crippen MR) is 76.6 cm³/mol. The number of nitro benzene ring substituents is 1. The standard InChI is InChI=1S/C15H17NO5/c1-4-5-12-6-7-14(16(18)19)13(8-12)10-21-15(17)20-9-11(2)3/h6-8,11H,9-10H2,1-3H3. The average molecular weight is 291 g/mol. The summed E-state index contributed by atoms with van der Waals surface area (Å²) in [5.74, 6) is 5.69. The van der Waals surface area contributed by atoms with E-state index in [4.69, 9.17) is 9.47 Å². The predicted octanol–water partition coefficient (Wildman–Crippen LogP) is 3.28. The van der Waals surface area contributed by atoms with Crippen molar-refractivity contribution in [2.24, 2.45) is 5.92 Å². The van der Waals surface area contributed by atoms with E-state index < -0.39 is 11.1 Å². The zero-order valence-corrected chi connectivity index (χ0v) is 12.2. The van der Waals surface area contributed by atoms with E-state index in [1.165, 1.54) is 12.1 Å². The third-order valence-corrected chi connectivity index (χ3v) is 2.43. The van der Waals surface area contributed by atoms with Crippen molar-refractivity contribution >= 4 is 11.8 Å². The smallest absolute Gasteiger partial charge is 0.434 e. The van der Waals surface area contributed by atoms with Gasteiger partial charge in [0.15, 0.2) is 0 Å². The fourth-order valence-corrected chi connectivity index (χ4v) is 1.51. The summed E-state index contributed by atoms with van der Waals surface area (Å²) >= 11 is 0. The van der Waals surface area contributed by atoms with Crippen LogP contribution in [0.1, 0.15) is 31.9 Å². The van der Waals surface area contributed by atoms with Gasteiger partial charge in [-0.25, -0.2) is 4.79 Å². The number of hydrogen-bond acceptors (Lipinski definition) is 5. The van der Waals surface area contributed by atoms with Gasteiger partial charge < -0.3 is 9.47 Å². The van der Waals surface area contributed by atoms with Crippen molar-refractivity contribution in [3.63, 3.8) is 0 Å². The van der Waals surface area contributed by atoms with E-state index in [1.807, 2.05) is 13.8 Å². The van der Waals surface area contributed by atoms with Gasteiger partial charge in [-0.05, 0) is 25.0 Å². The van der Waals surface area contributed by atoms with Gasteiger partial charge in [-0.3, -0.25) is 10.1 Å². The molecule has 6 heteroatoms. The van der Waals surface area contributed by atoms with Crippen LogP contribution in [0, 0.1) is 27.9 Å². The van der Waals surface area contributed by atoms with Gasteiger partial charge in [0.2, 0.25) is 0 Å². The van der Waals surface area contributed by atoms with Crippen LogP contribution in [0.2, 0.25) is 0 Å². The zero-order valence-electron chi connectivity index (χ0n) is 12.2. The third kappa shape index (κ3) is 5.53. The van der Waals surface area contributed by atoms with Crippen LogP contribution in [0.5, 0.6) is 0 Å². The number of rotatable bonds is 5. The number of ether oxygens (including phenoxy) is 2. The quantitative estimate of drug-likeness (QED) is 0.360. The molecule has 112 valence electrons. The molecule has 1 aromatic carbocycles. The minimum absolute atomic E-state index is 0.117. The number of carbonyl (C=O) groups excluding carboxylic acids is 1. The molecule has 0 aliphatic heterocycles. The van der Waals surface area contributed by atoms with E-state index in [2.05, 4.69) is 11.8 Å². The molecule has 0 fully saturated rings. The number of hydrogen-bond donors (Lipinski definition) is 0. The van der Waals surface area contributed by atoms with Crippen LogP contribution in [0.15, 0.2) is 18.2 Å². The molecule has 0 aromatic heterocycles. The Morgan fingerprint density at radius 3 is 2.67 bits per heavy atom. The Balaban J connectivity index is 2.79. The van der Waals surface area contributed by atoms with Crippen LogP contribution in [0.25, 0.3) is 0 Å². The molecule has 0 aliphatic rings. The van der Waals surface area contributed by atoms with Gasteiger partial charge in [-0.15, -0.1) is 5.92 Å². The summed E-state index contributed by atoms with van der Waals surface area (Å²) in [7, 11) is 0. The van der Waals surface area contributed by atoms with Crippen molar-refractivity contribution in [3.05, 3.63) is 39.4 Å². The van der Waals surface area contributed by atoms with Crippen LogP contribution in [0.4, 0.5) is 10.5 Å². The van der Waals surface area contributed by atoms with E-state index in [0.29, 0.717) is 5.56 Å². The normalized spacial score (nSPS) is 9.71. The molecular weight excluding hydrogens is 274 g/mol. The van der Waals surface area contributed by atoms with Gasteiger partial charge in [0.1, 0.15) is 6.61 Å². The van der Waals surface area contributed by atoms with E-state index >= 15 is 0 Å². The molecule has 0 spiro atoms. The zero-order chi connectivity index (χ0) is 15.8. The first-order valence-electron chi connectivity index (χ1n) is 6.43. The molecule has 1 aromatic rings. The Morgan fingerprint density at radius 2 is 2.10 bits per heavy atom. The third-order valence-electron chi connectivity index (χ3n) is 2.43. The van der Waals surface area contributed by atoms with Crippen LogP contribution >= 0.6 is 0 Å². The lowest BCUT2D eigenvalue weighted by atomic mass is 10.1. The molecule has 6 nitrogen and oxygen atoms in total. The summed E-state index contributed by atoms with van der Waals surface area (Å²) in [6.45, 7) is 5.46. The van der Waals surface area contributed by atoms with E-state index in [9.17, 15) is 14.9 Å². The highest BCUT2D eigenvalue weighted by atomic mass is 16.7. The van der Waals surface area contributed by atoms with Crippen molar-refractivity contribution in [1.82, 2.24) is 0 Å². The molecule has 0 aliphatic carbocycles. The minimum atomic E-state index is -0.843. The molecule has 0 bridgehead atoms. The van der Waals surface area contributed by atoms with Gasteiger partial charge in [0, 0.05) is 11.6 Å². The summed E-state index contributed by atoms with van der Waals surface area (Å²) in [5.41, 5.74) is 0.785. The SMILES string of the molecule is CC#Cc1ccc([N+](=O)[O-])c(COC(=O)OCC(C)C)c1. The van der Waals surface area contributed by atoms with Crippen molar-refractivity contribution in [2.75, 3.05) is 6.61 Å². The molecule has 0 N–H and O–H groups in total. The van der Waals surface area contributed by atoms with Crippen LogP contribution in [-0.4, -0.2) is 17.7 Å². The summed E-state index contributed by atoms with van der Waals surface area (Å²) < 4.78 is 9.73. The van der Waals surface area contributed by atoms with E-state index in [-0.39, 0.29) is 30.4 Å². The molecule has 0 unspecified atom stereocenters. The lowest BCUT2D eigenvalue weighted by Crippen LogP contribution is -2.12. The van der Waals surface area contributed by atoms with Crippen molar-refractivity contribution in [3.8, 4) is 11.8 Å². The molecule has 0 radical (unpaired) electrons. The number of benzene rings is 1. The van der Waals surface area contributed by atoms with Gasteiger partial charge in [-0.2, -0.15) is 0 Å². The molecule has 0 saturated heterocycles. The van der Waals surface area contributed by atoms with Crippen LogP contribution < -0.4 is 0 Å². The van der Waals surface area contributed by atoms with E-state index in [1.54, 1.807) is 13.0 Å². The van der Waals surface area contributed by atoms with Gasteiger partial charge in [0.05, 0.1) is 17.1 Å². The number of nitro groups is 1. The summed E-state index contributed by atoms with van der Waals surface area (Å²) in [6, 6.07) is 4.43. The molecule has 0 amide bonds. The Bertz CT molecular complexity index is 583. The Hall–Kier alpha value is -2.55. The molecule has 0 saturated carbocycles. The van der Waals surface area contributed by atoms with E-state index in [0.717, 1.165) is 0 Å². The second kappa shape index (κ2) is 7.90. The molecule has 1 rings (SSSR count). The maximum atomic E-state index is 11.4. The highest BCUT2D eigenvalue weighted by molar-refractivity contribution is 5.60. The van der Waals surface area contributed by atoms with Crippen molar-refractivity contribution < 1.29 is 19.2 Å². The topological polar surface area (TPSA) is 78.7 Å².